The third-order valence-corrected chi connectivity index (χ3v) is 2.39. The second-order valence-corrected chi connectivity index (χ2v) is 4.16. The van der Waals surface area contributed by atoms with Gasteiger partial charge in [0.05, 0.1) is 0 Å². The average molecular weight is 166 g/mol. The van der Waals surface area contributed by atoms with Crippen LogP contribution in [0.5, 0.6) is 0 Å². The van der Waals surface area contributed by atoms with Gasteiger partial charge in [0.15, 0.2) is 0 Å². The molecular weight excluding hydrogens is 151 g/mol. The van der Waals surface area contributed by atoms with Crippen molar-refractivity contribution in [1.29, 1.82) is 0 Å². The smallest absolute Gasteiger partial charge is 0.550 e. The fourth-order valence-electron chi connectivity index (χ4n) is 0.306. The first-order valence-corrected chi connectivity index (χ1v) is 3.41. The summed E-state index contributed by atoms with van der Waals surface area (Å²) in [5.41, 5.74) is -1.00. The quantitative estimate of drug-likeness (QED) is 0.415. The van der Waals surface area contributed by atoms with Gasteiger partial charge in [-0.2, -0.15) is 0 Å². The zero-order chi connectivity index (χ0) is 8.58. The Kier molecular flexibility index (Phi) is 5.00. The summed E-state index contributed by atoms with van der Waals surface area (Å²) in [6, 6.07) is 0. The van der Waals surface area contributed by atoms with Crippen LogP contribution in [-0.4, -0.2) is 5.97 Å². The minimum absolute atomic E-state index is 0. The van der Waals surface area contributed by atoms with E-state index < -0.39 is 11.4 Å². The molecule has 0 aliphatic rings. The molecule has 11 heavy (non-hydrogen) atoms. The van der Waals surface area contributed by atoms with E-state index in [0.29, 0.717) is 0 Å². The number of carbonyl (C=O) groups excluding carboxylic acids is 1. The van der Waals surface area contributed by atoms with Crippen LogP contribution in [-0.2, 0) is 4.79 Å². The van der Waals surface area contributed by atoms with Gasteiger partial charge in [0, 0.05) is 11.4 Å². The topological polar surface area (TPSA) is 40.1 Å². The largest absolute Gasteiger partial charge is 1.00 e. The molecule has 0 aromatic rings. The summed E-state index contributed by atoms with van der Waals surface area (Å²) in [7, 11) is 0. The first-order chi connectivity index (χ1) is 4.19. The van der Waals surface area contributed by atoms with Gasteiger partial charge in [0.2, 0.25) is 0 Å². The number of rotatable bonds is 1. The fraction of sp³-hybridized carbons (Fsp3) is 0.875. The summed E-state index contributed by atoms with van der Waals surface area (Å²) in [5.74, 6) is -0.986. The van der Waals surface area contributed by atoms with Gasteiger partial charge in [-0.25, -0.2) is 0 Å². The van der Waals surface area contributed by atoms with Crippen molar-refractivity contribution in [1.82, 2.24) is 0 Å². The molecule has 0 unspecified atom stereocenters. The summed E-state index contributed by atoms with van der Waals surface area (Å²) < 4.78 is 0. The molecule has 0 aliphatic carbocycles. The van der Waals surface area contributed by atoms with Crippen LogP contribution in [0, 0.1) is 10.8 Å². The maximum absolute atomic E-state index is 10.6. The van der Waals surface area contributed by atoms with Crippen LogP contribution in [0.4, 0.5) is 0 Å². The molecule has 0 N–H and O–H groups in total. The second-order valence-electron chi connectivity index (χ2n) is 4.16. The van der Waals surface area contributed by atoms with Crippen molar-refractivity contribution in [2.24, 2.45) is 10.8 Å². The van der Waals surface area contributed by atoms with Crippen molar-refractivity contribution in [3.8, 4) is 0 Å². The Hall–Kier alpha value is 0.470. The number of hydrogen-bond acceptors (Lipinski definition) is 2. The molecule has 0 radical (unpaired) electrons. The molecule has 0 aromatic heterocycles. The number of carboxylic acid groups (broad SMARTS) is 1. The Morgan fingerprint density at radius 1 is 1.09 bits per heavy atom. The zero-order valence-corrected chi connectivity index (χ0v) is 10.3. The normalized spacial score (nSPS) is 12.1. The Bertz CT molecular complexity index is 145. The SMILES string of the molecule is CC(C)(C)C(C)(C)C(=O)[O-].[Na+]. The van der Waals surface area contributed by atoms with Gasteiger partial charge < -0.3 is 9.90 Å². The molecule has 0 saturated heterocycles. The Morgan fingerprint density at radius 3 is 1.36 bits per heavy atom. The molecule has 3 heteroatoms. The van der Waals surface area contributed by atoms with E-state index >= 15 is 0 Å². The standard InChI is InChI=1S/C8H16O2.Na/c1-7(2,3)8(4,5)6(9)10;/h1-5H3,(H,9,10);/q;+1/p-1. The molecule has 0 aliphatic heterocycles. The van der Waals surface area contributed by atoms with Crippen LogP contribution in [0.15, 0.2) is 0 Å². The predicted molar refractivity (Wildman–Crippen MR) is 38.2 cm³/mol. The maximum Gasteiger partial charge on any atom is 1.00 e. The number of hydrogen-bond donors (Lipinski definition) is 0. The van der Waals surface area contributed by atoms with Gasteiger partial charge in [-0.1, -0.05) is 34.6 Å². The van der Waals surface area contributed by atoms with Crippen LogP contribution >= 0.6 is 0 Å². The number of carboxylic acids is 1. The van der Waals surface area contributed by atoms with E-state index in [1.807, 2.05) is 20.8 Å². The molecular formula is C8H15NaO2. The molecule has 0 atom stereocenters. The first-order valence-electron chi connectivity index (χ1n) is 3.41. The Morgan fingerprint density at radius 2 is 1.36 bits per heavy atom. The van der Waals surface area contributed by atoms with E-state index in [9.17, 15) is 9.90 Å². The molecule has 0 spiro atoms. The van der Waals surface area contributed by atoms with Crippen LogP contribution in [0.1, 0.15) is 34.6 Å². The van der Waals surface area contributed by atoms with Crippen molar-refractivity contribution in [2.45, 2.75) is 34.6 Å². The molecule has 60 valence electrons. The Balaban J connectivity index is 0. The van der Waals surface area contributed by atoms with Gasteiger partial charge in [-0.05, 0) is 5.41 Å². The number of carbonyl (C=O) groups is 1. The average Bonchev–Trinajstić information content (AvgIpc) is 1.62. The van der Waals surface area contributed by atoms with Crippen LogP contribution in [0.25, 0.3) is 0 Å². The van der Waals surface area contributed by atoms with Gasteiger partial charge in [0.25, 0.3) is 0 Å². The van der Waals surface area contributed by atoms with Gasteiger partial charge in [-0.15, -0.1) is 0 Å². The summed E-state index contributed by atoms with van der Waals surface area (Å²) in [6.45, 7) is 9.04. The van der Waals surface area contributed by atoms with Crippen LogP contribution < -0.4 is 34.7 Å². The van der Waals surface area contributed by atoms with Crippen molar-refractivity contribution in [3.63, 3.8) is 0 Å². The third-order valence-electron chi connectivity index (χ3n) is 2.39. The summed E-state index contributed by atoms with van der Waals surface area (Å²) in [5, 5.41) is 10.6. The molecule has 0 bridgehead atoms. The minimum atomic E-state index is -0.986. The van der Waals surface area contributed by atoms with Crippen LogP contribution in [0.3, 0.4) is 0 Å². The summed E-state index contributed by atoms with van der Waals surface area (Å²) in [4.78, 5) is 10.6. The molecule has 0 heterocycles. The minimum Gasteiger partial charge on any atom is -0.550 e. The van der Waals surface area contributed by atoms with Gasteiger partial charge in [0.1, 0.15) is 0 Å². The summed E-state index contributed by atoms with van der Waals surface area (Å²) in [6.07, 6.45) is 0. The predicted octanol–water partition coefficient (Wildman–Crippen LogP) is -2.19. The molecule has 2 nitrogen and oxygen atoms in total. The van der Waals surface area contributed by atoms with Gasteiger partial charge >= 0.3 is 29.6 Å². The van der Waals surface area contributed by atoms with Gasteiger partial charge in [-0.3, -0.25) is 0 Å². The van der Waals surface area contributed by atoms with Crippen molar-refractivity contribution in [3.05, 3.63) is 0 Å². The number of aliphatic carboxylic acids is 1. The summed E-state index contributed by atoms with van der Waals surface area (Å²) >= 11 is 0. The fourth-order valence-corrected chi connectivity index (χ4v) is 0.306. The first kappa shape index (κ1) is 14.0. The molecule has 0 rings (SSSR count). The van der Waals surface area contributed by atoms with E-state index in [2.05, 4.69) is 0 Å². The van der Waals surface area contributed by atoms with E-state index in [1.165, 1.54) is 0 Å². The van der Waals surface area contributed by atoms with Crippen molar-refractivity contribution < 1.29 is 39.5 Å². The van der Waals surface area contributed by atoms with E-state index in [-0.39, 0.29) is 35.0 Å². The Labute approximate surface area is 90.7 Å². The van der Waals surface area contributed by atoms with E-state index in [4.69, 9.17) is 0 Å². The zero-order valence-electron chi connectivity index (χ0n) is 8.32. The van der Waals surface area contributed by atoms with E-state index in [1.54, 1.807) is 13.8 Å². The molecule has 0 amide bonds. The van der Waals surface area contributed by atoms with E-state index in [0.717, 1.165) is 0 Å². The monoisotopic (exact) mass is 166 g/mol. The molecule has 0 fully saturated rings. The molecule has 0 saturated carbocycles. The molecule has 0 aromatic carbocycles. The maximum atomic E-state index is 10.6. The van der Waals surface area contributed by atoms with Crippen molar-refractivity contribution in [2.75, 3.05) is 0 Å². The van der Waals surface area contributed by atoms with Crippen molar-refractivity contribution >= 4 is 5.97 Å². The third kappa shape index (κ3) is 3.14. The second kappa shape index (κ2) is 3.92. The van der Waals surface area contributed by atoms with Crippen LogP contribution in [0.2, 0.25) is 0 Å².